The number of hydrogen-bond donors (Lipinski definition) is 1. The molecule has 0 saturated heterocycles. The molecule has 0 saturated carbocycles. The first-order valence-electron chi connectivity index (χ1n) is 7.86. The van der Waals surface area contributed by atoms with Crippen molar-refractivity contribution < 1.29 is 4.79 Å². The molecule has 3 aromatic rings. The molecule has 0 aliphatic carbocycles. The second-order valence-electron chi connectivity index (χ2n) is 6.00. The lowest BCUT2D eigenvalue weighted by molar-refractivity contribution is 0.0937. The molecule has 0 fully saturated rings. The summed E-state index contributed by atoms with van der Waals surface area (Å²) in [6.45, 7) is 2.60. The van der Waals surface area contributed by atoms with Crippen LogP contribution in [0.3, 0.4) is 0 Å². The molecule has 3 rings (SSSR count). The lowest BCUT2D eigenvalue weighted by Gasteiger charge is -2.26. The van der Waals surface area contributed by atoms with E-state index in [1.807, 2.05) is 32.4 Å². The van der Waals surface area contributed by atoms with E-state index in [9.17, 15) is 4.79 Å². The van der Waals surface area contributed by atoms with Crippen molar-refractivity contribution in [3.63, 3.8) is 0 Å². The number of carbonyl (C=O) groups excluding carboxylic acids is 1. The number of imidazole rings is 1. The number of fused-ring (bicyclic) bond motifs is 1. The van der Waals surface area contributed by atoms with Gasteiger partial charge in [0.05, 0.1) is 6.04 Å². The Morgan fingerprint density at radius 1 is 1.29 bits per heavy atom. The number of rotatable bonds is 5. The molecule has 1 amide bonds. The third-order valence-corrected chi connectivity index (χ3v) is 4.09. The third kappa shape index (κ3) is 3.28. The summed E-state index contributed by atoms with van der Waals surface area (Å²) in [4.78, 5) is 22.9. The predicted octanol–water partition coefficient (Wildman–Crippen LogP) is 2.07. The number of aromatic nitrogens is 3. The molecule has 2 heterocycles. The second-order valence-corrected chi connectivity index (χ2v) is 6.00. The fourth-order valence-electron chi connectivity index (χ4n) is 2.75. The van der Waals surface area contributed by atoms with Gasteiger partial charge in [0, 0.05) is 25.1 Å². The lowest BCUT2D eigenvalue weighted by atomic mass is 10.0. The van der Waals surface area contributed by atoms with Gasteiger partial charge in [-0.2, -0.15) is 0 Å². The van der Waals surface area contributed by atoms with Crippen LogP contribution in [0.15, 0.2) is 48.9 Å². The molecule has 2 aromatic heterocycles. The lowest BCUT2D eigenvalue weighted by Crippen LogP contribution is -2.35. The Balaban J connectivity index is 1.75. The van der Waals surface area contributed by atoms with Crippen LogP contribution in [0.1, 0.15) is 27.7 Å². The minimum absolute atomic E-state index is 0.102. The number of nitrogens with one attached hydrogen (secondary N) is 1. The molecule has 0 bridgehead atoms. The Morgan fingerprint density at radius 3 is 2.79 bits per heavy atom. The summed E-state index contributed by atoms with van der Waals surface area (Å²) in [5.74, 6) is 0.326. The molecule has 0 radical (unpaired) electrons. The van der Waals surface area contributed by atoms with Gasteiger partial charge in [-0.15, -0.1) is 0 Å². The molecular weight excluding hydrogens is 302 g/mol. The summed E-state index contributed by atoms with van der Waals surface area (Å²) < 4.78 is 1.74. The van der Waals surface area contributed by atoms with E-state index in [-0.39, 0.29) is 11.9 Å². The zero-order chi connectivity index (χ0) is 17.1. The van der Waals surface area contributed by atoms with Crippen LogP contribution in [-0.4, -0.2) is 45.8 Å². The fraction of sp³-hybridized carbons (Fsp3) is 0.278. The number of benzene rings is 1. The first-order chi connectivity index (χ1) is 11.6. The van der Waals surface area contributed by atoms with Crippen molar-refractivity contribution in [1.29, 1.82) is 0 Å². The van der Waals surface area contributed by atoms with E-state index in [4.69, 9.17) is 0 Å². The quantitative estimate of drug-likeness (QED) is 0.781. The van der Waals surface area contributed by atoms with E-state index in [0.29, 0.717) is 18.0 Å². The van der Waals surface area contributed by atoms with Crippen molar-refractivity contribution in [2.75, 3.05) is 20.6 Å². The van der Waals surface area contributed by atoms with Gasteiger partial charge in [-0.05, 0) is 38.2 Å². The Labute approximate surface area is 141 Å². The van der Waals surface area contributed by atoms with Crippen LogP contribution in [0.25, 0.3) is 5.78 Å². The van der Waals surface area contributed by atoms with E-state index in [0.717, 1.165) is 0 Å². The number of carbonyl (C=O) groups is 1. The molecule has 6 heteroatoms. The van der Waals surface area contributed by atoms with E-state index in [1.165, 1.54) is 11.1 Å². The summed E-state index contributed by atoms with van der Waals surface area (Å²) in [5.41, 5.74) is 2.79. The number of aryl methyl sites for hydroxylation is 1. The summed E-state index contributed by atoms with van der Waals surface area (Å²) in [5, 5.41) is 2.98. The van der Waals surface area contributed by atoms with Crippen LogP contribution < -0.4 is 5.32 Å². The minimum atomic E-state index is -0.194. The van der Waals surface area contributed by atoms with Crippen LogP contribution in [0, 0.1) is 6.92 Å². The molecule has 1 N–H and O–H groups in total. The topological polar surface area (TPSA) is 62.5 Å². The third-order valence-electron chi connectivity index (χ3n) is 4.09. The summed E-state index contributed by atoms with van der Waals surface area (Å²) in [7, 11) is 4.02. The van der Waals surface area contributed by atoms with Crippen molar-refractivity contribution in [3.05, 3.63) is 65.7 Å². The summed E-state index contributed by atoms with van der Waals surface area (Å²) in [6, 6.07) is 10.1. The van der Waals surface area contributed by atoms with E-state index < -0.39 is 0 Å². The van der Waals surface area contributed by atoms with Crippen molar-refractivity contribution in [1.82, 2.24) is 24.6 Å². The van der Waals surface area contributed by atoms with Crippen LogP contribution in [-0.2, 0) is 0 Å². The van der Waals surface area contributed by atoms with Crippen LogP contribution in [0.2, 0.25) is 0 Å². The van der Waals surface area contributed by atoms with Crippen molar-refractivity contribution in [2.45, 2.75) is 13.0 Å². The molecule has 0 spiro atoms. The summed E-state index contributed by atoms with van der Waals surface area (Å²) >= 11 is 0. The normalized spacial score (nSPS) is 12.5. The molecule has 0 aliphatic heterocycles. The Kier molecular flexibility index (Phi) is 4.57. The summed E-state index contributed by atoms with van der Waals surface area (Å²) in [6.07, 6.45) is 5.17. The molecule has 1 atom stereocenters. The number of likely N-dealkylation sites (N-methyl/N-ethyl adjacent to an activating group) is 1. The second kappa shape index (κ2) is 6.80. The molecule has 6 nitrogen and oxygen atoms in total. The average molecular weight is 323 g/mol. The van der Waals surface area contributed by atoms with E-state index in [2.05, 4.69) is 39.2 Å². The smallest absolute Gasteiger partial charge is 0.271 e. The number of amides is 1. The predicted molar refractivity (Wildman–Crippen MR) is 92.9 cm³/mol. The van der Waals surface area contributed by atoms with E-state index >= 15 is 0 Å². The van der Waals surface area contributed by atoms with Gasteiger partial charge in [0.1, 0.15) is 5.69 Å². The maximum absolute atomic E-state index is 12.4. The largest absolute Gasteiger partial charge is 0.349 e. The van der Waals surface area contributed by atoms with Gasteiger partial charge in [-0.3, -0.25) is 9.20 Å². The van der Waals surface area contributed by atoms with Gasteiger partial charge in [0.2, 0.25) is 5.78 Å². The van der Waals surface area contributed by atoms with Gasteiger partial charge in [0.25, 0.3) is 5.91 Å². The van der Waals surface area contributed by atoms with Gasteiger partial charge in [-0.1, -0.05) is 24.3 Å². The fourth-order valence-corrected chi connectivity index (χ4v) is 2.75. The Hall–Kier alpha value is -2.73. The first-order valence-corrected chi connectivity index (χ1v) is 7.86. The number of hydrogen-bond acceptors (Lipinski definition) is 4. The van der Waals surface area contributed by atoms with Crippen LogP contribution in [0.4, 0.5) is 0 Å². The highest BCUT2D eigenvalue weighted by atomic mass is 16.1. The Morgan fingerprint density at radius 2 is 2.08 bits per heavy atom. The van der Waals surface area contributed by atoms with Crippen molar-refractivity contribution in [3.8, 4) is 0 Å². The molecule has 24 heavy (non-hydrogen) atoms. The number of nitrogens with zero attached hydrogens (tertiary/aromatic N) is 4. The van der Waals surface area contributed by atoms with Gasteiger partial charge in [0.15, 0.2) is 0 Å². The highest BCUT2D eigenvalue weighted by molar-refractivity contribution is 5.92. The SMILES string of the molecule is Cc1ccccc1C(CNC(=O)c1cn2cccnc2n1)N(C)C. The van der Waals surface area contributed by atoms with Gasteiger partial charge in [-0.25, -0.2) is 9.97 Å². The monoisotopic (exact) mass is 323 g/mol. The van der Waals surface area contributed by atoms with Gasteiger partial charge >= 0.3 is 0 Å². The molecule has 124 valence electrons. The average Bonchev–Trinajstić information content (AvgIpc) is 3.00. The standard InChI is InChI=1S/C18H21N5O/c1-13-7-4-5-8-14(13)16(22(2)3)11-20-17(24)15-12-23-10-6-9-19-18(23)21-15/h4-10,12,16H,11H2,1-3H3,(H,20,24). The highest BCUT2D eigenvalue weighted by Gasteiger charge is 2.18. The van der Waals surface area contributed by atoms with Crippen LogP contribution >= 0.6 is 0 Å². The molecular formula is C18H21N5O. The molecule has 1 aromatic carbocycles. The zero-order valence-electron chi connectivity index (χ0n) is 14.1. The zero-order valence-corrected chi connectivity index (χ0v) is 14.1. The van der Waals surface area contributed by atoms with Crippen LogP contribution in [0.5, 0.6) is 0 Å². The minimum Gasteiger partial charge on any atom is -0.349 e. The van der Waals surface area contributed by atoms with Crippen molar-refractivity contribution in [2.24, 2.45) is 0 Å². The first kappa shape index (κ1) is 16.1. The molecule has 0 aliphatic rings. The Bertz CT molecular complexity index is 822. The van der Waals surface area contributed by atoms with E-state index in [1.54, 1.807) is 22.9 Å². The van der Waals surface area contributed by atoms with Crippen molar-refractivity contribution >= 4 is 11.7 Å². The molecule has 1 unspecified atom stereocenters. The maximum atomic E-state index is 12.4. The maximum Gasteiger partial charge on any atom is 0.271 e. The highest BCUT2D eigenvalue weighted by Crippen LogP contribution is 2.21. The van der Waals surface area contributed by atoms with Gasteiger partial charge < -0.3 is 10.2 Å².